The summed E-state index contributed by atoms with van der Waals surface area (Å²) < 4.78 is 13.4. The Bertz CT molecular complexity index is 421. The SMILES string of the molecule is CCCCCN(c1cc(F)cc(C#N)c1)C(C)C. The maximum atomic E-state index is 13.4. The fourth-order valence-electron chi connectivity index (χ4n) is 2.02. The van der Waals surface area contributed by atoms with Crippen molar-refractivity contribution in [2.24, 2.45) is 0 Å². The van der Waals surface area contributed by atoms with Crippen molar-refractivity contribution in [3.8, 4) is 6.07 Å². The van der Waals surface area contributed by atoms with Gasteiger partial charge < -0.3 is 4.90 Å². The minimum Gasteiger partial charge on any atom is -0.369 e. The molecule has 3 heteroatoms. The van der Waals surface area contributed by atoms with Gasteiger partial charge in [-0.3, -0.25) is 0 Å². The number of hydrogen-bond acceptors (Lipinski definition) is 2. The third-order valence-electron chi connectivity index (χ3n) is 2.97. The Kier molecular flexibility index (Phi) is 5.64. The molecular weight excluding hydrogens is 227 g/mol. The second-order valence-corrected chi connectivity index (χ2v) is 4.80. The van der Waals surface area contributed by atoms with Crippen LogP contribution in [0, 0.1) is 17.1 Å². The minimum absolute atomic E-state index is 0.301. The molecule has 0 fully saturated rings. The largest absolute Gasteiger partial charge is 0.369 e. The number of rotatable bonds is 6. The highest BCUT2D eigenvalue weighted by atomic mass is 19.1. The summed E-state index contributed by atoms with van der Waals surface area (Å²) in [5.74, 6) is -0.342. The Morgan fingerprint density at radius 3 is 2.56 bits per heavy atom. The third kappa shape index (κ3) is 4.03. The Hall–Kier alpha value is -1.56. The van der Waals surface area contributed by atoms with Crippen LogP contribution in [0.4, 0.5) is 10.1 Å². The van der Waals surface area contributed by atoms with Crippen LogP contribution in [0.3, 0.4) is 0 Å². The normalized spacial score (nSPS) is 10.4. The number of anilines is 1. The van der Waals surface area contributed by atoms with E-state index in [9.17, 15) is 4.39 Å². The topological polar surface area (TPSA) is 27.0 Å². The van der Waals surface area contributed by atoms with Crippen LogP contribution in [-0.4, -0.2) is 12.6 Å². The van der Waals surface area contributed by atoms with Crippen molar-refractivity contribution in [2.75, 3.05) is 11.4 Å². The Labute approximate surface area is 109 Å². The first-order valence-electron chi connectivity index (χ1n) is 6.55. The van der Waals surface area contributed by atoms with Gasteiger partial charge in [0.05, 0.1) is 11.6 Å². The molecule has 0 aliphatic heterocycles. The van der Waals surface area contributed by atoms with Crippen LogP contribution in [0.25, 0.3) is 0 Å². The molecule has 0 radical (unpaired) electrons. The van der Waals surface area contributed by atoms with Gasteiger partial charge >= 0.3 is 0 Å². The Morgan fingerprint density at radius 1 is 1.28 bits per heavy atom. The van der Waals surface area contributed by atoms with Crippen molar-refractivity contribution < 1.29 is 4.39 Å². The number of halogens is 1. The first-order valence-corrected chi connectivity index (χ1v) is 6.55. The highest BCUT2D eigenvalue weighted by Crippen LogP contribution is 2.21. The van der Waals surface area contributed by atoms with E-state index in [0.717, 1.165) is 18.7 Å². The van der Waals surface area contributed by atoms with Crippen LogP contribution in [0.5, 0.6) is 0 Å². The molecule has 0 atom stereocenters. The standard InChI is InChI=1S/C15H21FN2/c1-4-5-6-7-18(12(2)3)15-9-13(11-17)8-14(16)10-15/h8-10,12H,4-7H2,1-3H3. The van der Waals surface area contributed by atoms with Gasteiger partial charge in [0.1, 0.15) is 5.82 Å². The number of unbranched alkanes of at least 4 members (excludes halogenated alkanes) is 2. The van der Waals surface area contributed by atoms with E-state index in [1.807, 2.05) is 6.07 Å². The van der Waals surface area contributed by atoms with E-state index in [2.05, 4.69) is 25.7 Å². The highest BCUT2D eigenvalue weighted by Gasteiger charge is 2.12. The van der Waals surface area contributed by atoms with E-state index < -0.39 is 0 Å². The molecule has 2 nitrogen and oxygen atoms in total. The second-order valence-electron chi connectivity index (χ2n) is 4.80. The van der Waals surface area contributed by atoms with Gasteiger partial charge in [0.15, 0.2) is 0 Å². The van der Waals surface area contributed by atoms with E-state index in [-0.39, 0.29) is 5.82 Å². The van der Waals surface area contributed by atoms with Gasteiger partial charge in [0.2, 0.25) is 0 Å². The molecule has 18 heavy (non-hydrogen) atoms. The smallest absolute Gasteiger partial charge is 0.126 e. The molecule has 0 bridgehead atoms. The van der Waals surface area contributed by atoms with Gasteiger partial charge in [-0.15, -0.1) is 0 Å². The number of nitrogens with zero attached hydrogens (tertiary/aromatic N) is 2. The molecule has 0 N–H and O–H groups in total. The number of hydrogen-bond donors (Lipinski definition) is 0. The molecule has 98 valence electrons. The summed E-state index contributed by atoms with van der Waals surface area (Å²) in [6.07, 6.45) is 3.43. The quantitative estimate of drug-likeness (QED) is 0.709. The first-order chi connectivity index (χ1) is 8.58. The lowest BCUT2D eigenvalue weighted by Crippen LogP contribution is -2.31. The van der Waals surface area contributed by atoms with Crippen LogP contribution in [0.1, 0.15) is 45.6 Å². The molecule has 0 spiro atoms. The van der Waals surface area contributed by atoms with Crippen LogP contribution in [-0.2, 0) is 0 Å². The average molecular weight is 248 g/mol. The summed E-state index contributed by atoms with van der Waals surface area (Å²) in [4.78, 5) is 2.15. The van der Waals surface area contributed by atoms with E-state index in [0.29, 0.717) is 11.6 Å². The van der Waals surface area contributed by atoms with Crippen LogP contribution in [0.2, 0.25) is 0 Å². The van der Waals surface area contributed by atoms with Gasteiger partial charge in [0.25, 0.3) is 0 Å². The van der Waals surface area contributed by atoms with Gasteiger partial charge in [-0.1, -0.05) is 19.8 Å². The Morgan fingerprint density at radius 2 is 2.00 bits per heavy atom. The molecule has 0 saturated heterocycles. The molecule has 0 saturated carbocycles. The van der Waals surface area contributed by atoms with Crippen LogP contribution >= 0.6 is 0 Å². The molecule has 1 rings (SSSR count). The van der Waals surface area contributed by atoms with Gasteiger partial charge in [-0.2, -0.15) is 5.26 Å². The number of benzene rings is 1. The van der Waals surface area contributed by atoms with Gasteiger partial charge in [-0.25, -0.2) is 4.39 Å². The molecule has 1 aromatic carbocycles. The monoisotopic (exact) mass is 248 g/mol. The van der Waals surface area contributed by atoms with Crippen LogP contribution < -0.4 is 4.90 Å². The summed E-state index contributed by atoms with van der Waals surface area (Å²) in [6, 6.07) is 6.84. The molecule has 0 aliphatic rings. The van der Waals surface area contributed by atoms with E-state index >= 15 is 0 Å². The lowest BCUT2D eigenvalue weighted by molar-refractivity contribution is 0.610. The maximum absolute atomic E-state index is 13.4. The van der Waals surface area contributed by atoms with Gasteiger partial charge in [0, 0.05) is 18.3 Å². The summed E-state index contributed by atoms with van der Waals surface area (Å²) >= 11 is 0. The van der Waals surface area contributed by atoms with E-state index in [1.165, 1.54) is 25.0 Å². The first kappa shape index (κ1) is 14.5. The zero-order chi connectivity index (χ0) is 13.5. The molecule has 0 aliphatic carbocycles. The zero-order valence-electron chi connectivity index (χ0n) is 11.4. The molecule has 0 unspecified atom stereocenters. The van der Waals surface area contributed by atoms with Crippen molar-refractivity contribution in [1.29, 1.82) is 5.26 Å². The molecule has 0 amide bonds. The zero-order valence-corrected chi connectivity index (χ0v) is 11.4. The molecule has 0 heterocycles. The summed E-state index contributed by atoms with van der Waals surface area (Å²) in [6.45, 7) is 7.24. The van der Waals surface area contributed by atoms with Crippen molar-refractivity contribution >= 4 is 5.69 Å². The maximum Gasteiger partial charge on any atom is 0.126 e. The van der Waals surface area contributed by atoms with E-state index in [1.54, 1.807) is 6.07 Å². The Balaban J connectivity index is 2.91. The fraction of sp³-hybridized carbons (Fsp3) is 0.533. The lowest BCUT2D eigenvalue weighted by Gasteiger charge is -2.29. The fourth-order valence-corrected chi connectivity index (χ4v) is 2.02. The minimum atomic E-state index is -0.342. The van der Waals surface area contributed by atoms with Crippen molar-refractivity contribution in [2.45, 2.75) is 46.1 Å². The van der Waals surface area contributed by atoms with E-state index in [4.69, 9.17) is 5.26 Å². The highest BCUT2D eigenvalue weighted by molar-refractivity contribution is 5.52. The van der Waals surface area contributed by atoms with Crippen molar-refractivity contribution in [3.63, 3.8) is 0 Å². The lowest BCUT2D eigenvalue weighted by atomic mass is 10.1. The number of nitriles is 1. The average Bonchev–Trinajstić information content (AvgIpc) is 2.33. The second kappa shape index (κ2) is 7.00. The van der Waals surface area contributed by atoms with Crippen molar-refractivity contribution in [3.05, 3.63) is 29.6 Å². The van der Waals surface area contributed by atoms with Crippen LogP contribution in [0.15, 0.2) is 18.2 Å². The predicted molar refractivity (Wildman–Crippen MR) is 73.1 cm³/mol. The van der Waals surface area contributed by atoms with Crippen molar-refractivity contribution in [1.82, 2.24) is 0 Å². The predicted octanol–water partition coefficient (Wildman–Crippen LogP) is 4.10. The summed E-state index contributed by atoms with van der Waals surface area (Å²) in [5, 5.41) is 8.89. The molecular formula is C15H21FN2. The third-order valence-corrected chi connectivity index (χ3v) is 2.97. The molecule has 0 aromatic heterocycles. The molecule has 1 aromatic rings. The summed E-state index contributed by atoms with van der Waals surface area (Å²) in [5.41, 5.74) is 1.18. The summed E-state index contributed by atoms with van der Waals surface area (Å²) in [7, 11) is 0. The van der Waals surface area contributed by atoms with Gasteiger partial charge in [-0.05, 0) is 38.5 Å².